The van der Waals surface area contributed by atoms with Crippen LogP contribution in [0.2, 0.25) is 0 Å². The summed E-state index contributed by atoms with van der Waals surface area (Å²) in [6.45, 7) is 6.58. The second-order valence-electron chi connectivity index (χ2n) is 5.22. The third-order valence-corrected chi connectivity index (χ3v) is 3.73. The zero-order chi connectivity index (χ0) is 10.7. The molecular weight excluding hydrogens is 188 g/mol. The van der Waals surface area contributed by atoms with Crippen LogP contribution in [0.25, 0.3) is 0 Å². The molecule has 0 aromatic carbocycles. The topological polar surface area (TPSA) is 38.5 Å². The Morgan fingerprint density at radius 1 is 1.27 bits per heavy atom. The van der Waals surface area contributed by atoms with E-state index in [1.54, 1.807) is 0 Å². The van der Waals surface area contributed by atoms with Crippen LogP contribution in [0.5, 0.6) is 0 Å². The Morgan fingerprint density at radius 2 is 2.00 bits per heavy atom. The van der Waals surface area contributed by atoms with Gasteiger partial charge >= 0.3 is 0 Å². The van der Waals surface area contributed by atoms with Crippen LogP contribution >= 0.6 is 0 Å². The second kappa shape index (κ2) is 5.28. The van der Waals surface area contributed by atoms with Crippen molar-refractivity contribution in [1.82, 2.24) is 4.90 Å². The summed E-state index contributed by atoms with van der Waals surface area (Å²) in [5, 5.41) is 0. The van der Waals surface area contributed by atoms with Crippen molar-refractivity contribution in [3.8, 4) is 0 Å². The minimum atomic E-state index is 0.421. The fourth-order valence-electron chi connectivity index (χ4n) is 2.79. The Hall–Kier alpha value is -0.120. The monoisotopic (exact) mass is 212 g/mol. The van der Waals surface area contributed by atoms with Crippen molar-refractivity contribution in [1.29, 1.82) is 0 Å². The molecular formula is C12H24N2O. The van der Waals surface area contributed by atoms with E-state index in [-0.39, 0.29) is 0 Å². The van der Waals surface area contributed by atoms with Crippen LogP contribution in [0.15, 0.2) is 0 Å². The standard InChI is InChI=1S/C12H24N2O/c1-10-8-14(6-7-15-10)9-11-2-4-12(13)5-3-11/h10-12H,2-9,13H2,1H3. The van der Waals surface area contributed by atoms with Gasteiger partial charge in [-0.15, -0.1) is 0 Å². The van der Waals surface area contributed by atoms with Crippen molar-refractivity contribution in [2.45, 2.75) is 44.8 Å². The van der Waals surface area contributed by atoms with Crippen molar-refractivity contribution in [2.75, 3.05) is 26.2 Å². The van der Waals surface area contributed by atoms with Crippen molar-refractivity contribution in [2.24, 2.45) is 11.7 Å². The van der Waals surface area contributed by atoms with E-state index in [1.807, 2.05) is 0 Å². The number of hydrogen-bond acceptors (Lipinski definition) is 3. The number of nitrogens with two attached hydrogens (primary N) is 1. The van der Waals surface area contributed by atoms with Gasteiger partial charge in [0.1, 0.15) is 0 Å². The second-order valence-corrected chi connectivity index (χ2v) is 5.22. The zero-order valence-electron chi connectivity index (χ0n) is 9.82. The molecule has 88 valence electrons. The molecule has 0 aromatic heterocycles. The SMILES string of the molecule is CC1CN(CC2CCC(N)CC2)CCO1. The number of ether oxygens (including phenoxy) is 1. The predicted molar refractivity (Wildman–Crippen MR) is 61.8 cm³/mol. The van der Waals surface area contributed by atoms with Crippen molar-refractivity contribution >= 4 is 0 Å². The van der Waals surface area contributed by atoms with Crippen LogP contribution < -0.4 is 5.73 Å². The summed E-state index contributed by atoms with van der Waals surface area (Å²) >= 11 is 0. The molecule has 2 fully saturated rings. The van der Waals surface area contributed by atoms with Gasteiger partial charge in [-0.3, -0.25) is 4.90 Å². The molecule has 1 aliphatic heterocycles. The Balaban J connectivity index is 1.71. The third-order valence-electron chi connectivity index (χ3n) is 3.73. The van der Waals surface area contributed by atoms with Crippen molar-refractivity contribution < 1.29 is 4.74 Å². The molecule has 0 amide bonds. The first-order chi connectivity index (χ1) is 7.24. The third kappa shape index (κ3) is 3.44. The molecule has 15 heavy (non-hydrogen) atoms. The largest absolute Gasteiger partial charge is 0.376 e. The summed E-state index contributed by atoms with van der Waals surface area (Å²) in [4.78, 5) is 2.57. The molecule has 0 aromatic rings. The van der Waals surface area contributed by atoms with Crippen LogP contribution in [-0.2, 0) is 4.74 Å². The number of nitrogens with zero attached hydrogens (tertiary/aromatic N) is 1. The first kappa shape index (κ1) is 11.4. The summed E-state index contributed by atoms with van der Waals surface area (Å²) in [5.74, 6) is 0.884. The lowest BCUT2D eigenvalue weighted by atomic mass is 9.86. The van der Waals surface area contributed by atoms with E-state index >= 15 is 0 Å². The van der Waals surface area contributed by atoms with Crippen LogP contribution in [0.1, 0.15) is 32.6 Å². The highest BCUT2D eigenvalue weighted by Crippen LogP contribution is 2.24. The smallest absolute Gasteiger partial charge is 0.0674 e. The molecule has 0 radical (unpaired) electrons. The Labute approximate surface area is 93.0 Å². The summed E-state index contributed by atoms with van der Waals surface area (Å²) in [7, 11) is 0. The minimum Gasteiger partial charge on any atom is -0.376 e. The van der Waals surface area contributed by atoms with Crippen LogP contribution in [0.4, 0.5) is 0 Å². The number of hydrogen-bond donors (Lipinski definition) is 1. The maximum Gasteiger partial charge on any atom is 0.0674 e. The average molecular weight is 212 g/mol. The van der Waals surface area contributed by atoms with Gasteiger partial charge < -0.3 is 10.5 Å². The molecule has 3 nitrogen and oxygen atoms in total. The van der Waals surface area contributed by atoms with E-state index in [1.165, 1.54) is 32.2 Å². The Kier molecular flexibility index (Phi) is 4.00. The van der Waals surface area contributed by atoms with E-state index in [2.05, 4.69) is 11.8 Å². The van der Waals surface area contributed by atoms with Crippen LogP contribution in [-0.4, -0.2) is 43.3 Å². The molecule has 1 aliphatic carbocycles. The van der Waals surface area contributed by atoms with Crippen LogP contribution in [0.3, 0.4) is 0 Å². The summed E-state index contributed by atoms with van der Waals surface area (Å²) in [6, 6.07) is 0.477. The van der Waals surface area contributed by atoms with E-state index in [9.17, 15) is 0 Å². The summed E-state index contributed by atoms with van der Waals surface area (Å²) in [6.07, 6.45) is 5.53. The highest BCUT2D eigenvalue weighted by molar-refractivity contribution is 4.78. The summed E-state index contributed by atoms with van der Waals surface area (Å²) in [5.41, 5.74) is 5.92. The van der Waals surface area contributed by atoms with E-state index in [0.717, 1.165) is 25.6 Å². The van der Waals surface area contributed by atoms with E-state index in [0.29, 0.717) is 12.1 Å². The normalized spacial score (nSPS) is 39.2. The van der Waals surface area contributed by atoms with Gasteiger partial charge in [0.25, 0.3) is 0 Å². The predicted octanol–water partition coefficient (Wildman–Crippen LogP) is 1.22. The maximum atomic E-state index is 5.92. The average Bonchev–Trinajstić information content (AvgIpc) is 2.22. The first-order valence-electron chi connectivity index (χ1n) is 6.33. The summed E-state index contributed by atoms with van der Waals surface area (Å²) < 4.78 is 5.55. The van der Waals surface area contributed by atoms with Gasteiger partial charge in [0.2, 0.25) is 0 Å². The molecule has 0 spiro atoms. The molecule has 1 saturated carbocycles. The highest BCUT2D eigenvalue weighted by atomic mass is 16.5. The van der Waals surface area contributed by atoms with Crippen LogP contribution in [0, 0.1) is 5.92 Å². The molecule has 1 saturated heterocycles. The lowest BCUT2D eigenvalue weighted by molar-refractivity contribution is -0.0248. The van der Waals surface area contributed by atoms with E-state index in [4.69, 9.17) is 10.5 Å². The van der Waals surface area contributed by atoms with Gasteiger partial charge in [-0.1, -0.05) is 0 Å². The Bertz CT molecular complexity index is 190. The van der Waals surface area contributed by atoms with Gasteiger partial charge in [-0.05, 0) is 38.5 Å². The fourth-order valence-corrected chi connectivity index (χ4v) is 2.79. The quantitative estimate of drug-likeness (QED) is 0.748. The van der Waals surface area contributed by atoms with Crippen molar-refractivity contribution in [3.05, 3.63) is 0 Å². The van der Waals surface area contributed by atoms with Gasteiger partial charge in [0.05, 0.1) is 12.7 Å². The van der Waals surface area contributed by atoms with Crippen molar-refractivity contribution in [3.63, 3.8) is 0 Å². The van der Waals surface area contributed by atoms with Gasteiger partial charge in [0, 0.05) is 25.7 Å². The van der Waals surface area contributed by atoms with Gasteiger partial charge in [0.15, 0.2) is 0 Å². The Morgan fingerprint density at radius 3 is 2.67 bits per heavy atom. The van der Waals surface area contributed by atoms with E-state index < -0.39 is 0 Å². The highest BCUT2D eigenvalue weighted by Gasteiger charge is 2.23. The molecule has 0 bridgehead atoms. The first-order valence-corrected chi connectivity index (χ1v) is 6.33. The lowest BCUT2D eigenvalue weighted by Crippen LogP contribution is -2.44. The molecule has 2 aliphatic rings. The fraction of sp³-hybridized carbons (Fsp3) is 1.00. The van der Waals surface area contributed by atoms with Gasteiger partial charge in [-0.2, -0.15) is 0 Å². The molecule has 1 unspecified atom stereocenters. The molecule has 2 rings (SSSR count). The number of morpholine rings is 1. The molecule has 1 heterocycles. The zero-order valence-corrected chi connectivity index (χ0v) is 9.82. The number of rotatable bonds is 2. The minimum absolute atomic E-state index is 0.421. The molecule has 2 N–H and O–H groups in total. The molecule has 3 heteroatoms. The molecule has 1 atom stereocenters. The lowest BCUT2D eigenvalue weighted by Gasteiger charge is -2.35. The van der Waals surface area contributed by atoms with Gasteiger partial charge in [-0.25, -0.2) is 0 Å². The maximum absolute atomic E-state index is 5.92.